The third-order valence-electron chi connectivity index (χ3n) is 10.8. The molecule has 27 heavy (non-hydrogen) atoms. The molecule has 5 aliphatic carbocycles. The van der Waals surface area contributed by atoms with Crippen LogP contribution in [0.4, 0.5) is 0 Å². The van der Waals surface area contributed by atoms with Crippen molar-refractivity contribution in [1.82, 2.24) is 0 Å². The van der Waals surface area contributed by atoms with Gasteiger partial charge >= 0.3 is 5.97 Å². The van der Waals surface area contributed by atoms with Crippen molar-refractivity contribution < 1.29 is 14.7 Å². The fourth-order valence-electron chi connectivity index (χ4n) is 9.28. The van der Waals surface area contributed by atoms with Crippen molar-refractivity contribution in [1.29, 1.82) is 0 Å². The maximum Gasteiger partial charge on any atom is 0.303 e. The smallest absolute Gasteiger partial charge is 0.303 e. The molecule has 5 fully saturated rings. The predicted octanol–water partition coefficient (Wildman–Crippen LogP) is 5.47. The van der Waals surface area contributed by atoms with Crippen LogP contribution in [0, 0.1) is 45.8 Å². The fraction of sp³-hybridized carbons (Fsp3) is 0.917. The van der Waals surface area contributed by atoms with Crippen molar-refractivity contribution in [2.45, 2.75) is 90.9 Å². The minimum Gasteiger partial charge on any atom is -0.481 e. The van der Waals surface area contributed by atoms with Crippen LogP contribution in [0.25, 0.3) is 0 Å². The van der Waals surface area contributed by atoms with E-state index in [-0.39, 0.29) is 0 Å². The van der Waals surface area contributed by atoms with Crippen molar-refractivity contribution in [2.24, 2.45) is 45.8 Å². The van der Waals surface area contributed by atoms with Crippen LogP contribution in [0.2, 0.25) is 0 Å². The van der Waals surface area contributed by atoms with Crippen LogP contribution in [0.3, 0.4) is 0 Å². The van der Waals surface area contributed by atoms with Gasteiger partial charge in [-0.05, 0) is 104 Å². The van der Waals surface area contributed by atoms with E-state index in [1.165, 1.54) is 44.9 Å². The van der Waals surface area contributed by atoms with E-state index >= 15 is 0 Å². The van der Waals surface area contributed by atoms with Crippen LogP contribution in [0.5, 0.6) is 0 Å². The number of carbonyl (C=O) groups is 2. The van der Waals surface area contributed by atoms with E-state index in [9.17, 15) is 9.59 Å². The Labute approximate surface area is 163 Å². The van der Waals surface area contributed by atoms with Gasteiger partial charge in [-0.2, -0.15) is 0 Å². The van der Waals surface area contributed by atoms with Gasteiger partial charge in [0.05, 0.1) is 0 Å². The highest BCUT2D eigenvalue weighted by Crippen LogP contribution is 2.79. The van der Waals surface area contributed by atoms with Crippen LogP contribution in [-0.2, 0) is 9.59 Å². The van der Waals surface area contributed by atoms with Crippen molar-refractivity contribution >= 4 is 11.8 Å². The van der Waals surface area contributed by atoms with Gasteiger partial charge in [0.2, 0.25) is 0 Å². The number of carbonyl (C=O) groups excluding carboxylic acids is 1. The first-order valence-electron chi connectivity index (χ1n) is 11.5. The van der Waals surface area contributed by atoms with E-state index in [1.807, 2.05) is 0 Å². The number of hydrogen-bond donors (Lipinski definition) is 1. The summed E-state index contributed by atoms with van der Waals surface area (Å²) in [6.45, 7) is 5.11. The van der Waals surface area contributed by atoms with E-state index in [2.05, 4.69) is 13.8 Å². The number of carboxylic acid groups (broad SMARTS) is 1. The van der Waals surface area contributed by atoms with Crippen LogP contribution in [-0.4, -0.2) is 16.9 Å². The molecule has 0 unspecified atom stereocenters. The highest BCUT2D eigenvalue weighted by molar-refractivity contribution is 5.79. The van der Waals surface area contributed by atoms with Crippen LogP contribution in [0.1, 0.15) is 90.9 Å². The first-order valence-corrected chi connectivity index (χ1v) is 11.5. The van der Waals surface area contributed by atoms with Gasteiger partial charge in [0.25, 0.3) is 0 Å². The SMILES string of the molecule is C[C@]12CCC(=O)C[C@H]1CC[C@@H]1[C@@H]2CC[C@@]2(C)[C@H]1CC[C@@]21C[C@H]1CCC(=O)O. The second-order valence-corrected chi connectivity index (χ2v) is 11.4. The summed E-state index contributed by atoms with van der Waals surface area (Å²) in [5, 5.41) is 9.11. The van der Waals surface area contributed by atoms with E-state index in [4.69, 9.17) is 5.11 Å². The summed E-state index contributed by atoms with van der Waals surface area (Å²) < 4.78 is 0. The Balaban J connectivity index is 1.37. The summed E-state index contributed by atoms with van der Waals surface area (Å²) in [6, 6.07) is 0. The quantitative estimate of drug-likeness (QED) is 0.715. The maximum atomic E-state index is 12.1. The molecular formula is C24H36O3. The molecule has 0 bridgehead atoms. The van der Waals surface area contributed by atoms with E-state index in [1.54, 1.807) is 0 Å². The second kappa shape index (κ2) is 5.83. The summed E-state index contributed by atoms with van der Waals surface area (Å²) >= 11 is 0. The van der Waals surface area contributed by atoms with Gasteiger partial charge < -0.3 is 5.11 Å². The van der Waals surface area contributed by atoms with Crippen molar-refractivity contribution in [3.63, 3.8) is 0 Å². The number of carboxylic acids is 1. The number of aliphatic carboxylic acids is 1. The number of ketones is 1. The molecule has 0 amide bonds. The zero-order valence-electron chi connectivity index (χ0n) is 17.1. The molecule has 5 saturated carbocycles. The molecule has 150 valence electrons. The molecule has 8 atom stereocenters. The summed E-state index contributed by atoms with van der Waals surface area (Å²) in [7, 11) is 0. The molecular weight excluding hydrogens is 336 g/mol. The molecule has 5 rings (SSSR count). The number of Topliss-reactive ketones (excluding diaryl/α,β-unsaturated/α-hetero) is 1. The van der Waals surface area contributed by atoms with Gasteiger partial charge in [-0.25, -0.2) is 0 Å². The van der Waals surface area contributed by atoms with Crippen molar-refractivity contribution in [2.75, 3.05) is 0 Å². The predicted molar refractivity (Wildman–Crippen MR) is 104 cm³/mol. The summed E-state index contributed by atoms with van der Waals surface area (Å²) in [5.41, 5.74) is 1.32. The number of hydrogen-bond acceptors (Lipinski definition) is 2. The first-order chi connectivity index (χ1) is 12.8. The van der Waals surface area contributed by atoms with E-state index < -0.39 is 5.97 Å². The zero-order valence-corrected chi connectivity index (χ0v) is 17.1. The third-order valence-corrected chi connectivity index (χ3v) is 10.8. The van der Waals surface area contributed by atoms with Gasteiger partial charge in [0.15, 0.2) is 0 Å². The number of fused-ring (bicyclic) bond motifs is 6. The minimum absolute atomic E-state index is 0.354. The van der Waals surface area contributed by atoms with Gasteiger partial charge in [-0.1, -0.05) is 13.8 Å². The number of rotatable bonds is 3. The second-order valence-electron chi connectivity index (χ2n) is 11.4. The molecule has 0 aromatic heterocycles. The van der Waals surface area contributed by atoms with E-state index in [0.717, 1.165) is 43.4 Å². The van der Waals surface area contributed by atoms with Crippen LogP contribution < -0.4 is 0 Å². The van der Waals surface area contributed by atoms with Crippen LogP contribution in [0.15, 0.2) is 0 Å². The van der Waals surface area contributed by atoms with Gasteiger partial charge in [0, 0.05) is 19.3 Å². The fourth-order valence-corrected chi connectivity index (χ4v) is 9.28. The monoisotopic (exact) mass is 372 g/mol. The summed E-state index contributed by atoms with van der Waals surface area (Å²) in [6.07, 6.45) is 13.4. The lowest BCUT2D eigenvalue weighted by Crippen LogP contribution is -2.53. The topological polar surface area (TPSA) is 54.4 Å². The first kappa shape index (κ1) is 18.2. The highest BCUT2D eigenvalue weighted by Gasteiger charge is 2.72. The summed E-state index contributed by atoms with van der Waals surface area (Å²) in [5.74, 6) is 3.73. The standard InChI is InChI=1S/C24H36O3/c1-22-10-7-17(25)13-15(22)3-5-18-19(22)8-11-23(2)20(18)9-12-24(23)14-16(24)4-6-21(26)27/h15-16,18-20H,3-14H2,1-2H3,(H,26,27)/t15-,16-,18-,19+,20+,22+,23+,24+/m1/s1. The molecule has 0 aromatic rings. The molecule has 0 aromatic carbocycles. The Kier molecular flexibility index (Phi) is 3.93. The van der Waals surface area contributed by atoms with Crippen molar-refractivity contribution in [3.8, 4) is 0 Å². The van der Waals surface area contributed by atoms with Crippen LogP contribution >= 0.6 is 0 Å². The third kappa shape index (κ3) is 2.38. The van der Waals surface area contributed by atoms with Gasteiger partial charge in [-0.15, -0.1) is 0 Å². The molecule has 1 spiro atoms. The Morgan fingerprint density at radius 2 is 1.85 bits per heavy atom. The maximum absolute atomic E-state index is 12.1. The molecule has 0 aliphatic heterocycles. The Hall–Kier alpha value is -0.860. The lowest BCUT2D eigenvalue weighted by Gasteiger charge is -2.60. The molecule has 0 radical (unpaired) electrons. The molecule has 3 heteroatoms. The minimum atomic E-state index is -0.626. The zero-order chi connectivity index (χ0) is 19.0. The Morgan fingerprint density at radius 1 is 1.07 bits per heavy atom. The van der Waals surface area contributed by atoms with Gasteiger partial charge in [-0.3, -0.25) is 9.59 Å². The lowest BCUT2D eigenvalue weighted by atomic mass is 9.44. The van der Waals surface area contributed by atoms with Gasteiger partial charge in [0.1, 0.15) is 5.78 Å². The Bertz CT molecular complexity index is 671. The Morgan fingerprint density at radius 3 is 2.63 bits per heavy atom. The molecule has 0 heterocycles. The summed E-state index contributed by atoms with van der Waals surface area (Å²) in [4.78, 5) is 23.1. The van der Waals surface area contributed by atoms with Crippen molar-refractivity contribution in [3.05, 3.63) is 0 Å². The lowest BCUT2D eigenvalue weighted by molar-refractivity contribution is -0.140. The normalized spacial score (nSPS) is 53.6. The van der Waals surface area contributed by atoms with E-state index in [0.29, 0.717) is 40.3 Å². The highest BCUT2D eigenvalue weighted by atomic mass is 16.4. The largest absolute Gasteiger partial charge is 0.481 e. The molecule has 1 N–H and O–H groups in total. The average Bonchev–Trinajstić information content (AvgIpc) is 3.26. The molecule has 0 saturated heterocycles. The molecule has 3 nitrogen and oxygen atoms in total. The average molecular weight is 373 g/mol. The molecule has 5 aliphatic rings.